The van der Waals surface area contributed by atoms with Gasteiger partial charge in [0.1, 0.15) is 29.2 Å². The zero-order valence-corrected chi connectivity index (χ0v) is 25.3. The van der Waals surface area contributed by atoms with Gasteiger partial charge in [0.15, 0.2) is 6.04 Å². The van der Waals surface area contributed by atoms with Crippen LogP contribution in [0.4, 0.5) is 5.69 Å². The Balaban J connectivity index is 1.49. The van der Waals surface area contributed by atoms with E-state index in [-0.39, 0.29) is 16.5 Å². The first-order valence-electron chi connectivity index (χ1n) is 14.6. The highest BCUT2D eigenvalue weighted by atomic mass is 35.7. The highest BCUT2D eigenvalue weighted by molar-refractivity contribution is 8.13. The third-order valence-electron chi connectivity index (χ3n) is 9.54. The van der Waals surface area contributed by atoms with Crippen molar-refractivity contribution in [2.75, 3.05) is 24.5 Å². The average Bonchev–Trinajstić information content (AvgIpc) is 2.96. The van der Waals surface area contributed by atoms with E-state index in [0.29, 0.717) is 5.57 Å². The van der Waals surface area contributed by atoms with Crippen LogP contribution in [0, 0.1) is 0 Å². The van der Waals surface area contributed by atoms with Crippen LogP contribution in [0.15, 0.2) is 62.6 Å². The number of rotatable bonds is 3. The molecule has 1 atom stereocenters. The molecular weight excluding hydrogens is 596 g/mol. The van der Waals surface area contributed by atoms with Crippen LogP contribution in [-0.4, -0.2) is 57.9 Å². The maximum atomic E-state index is 12.9. The normalized spacial score (nSPS) is 22.8. The molecule has 0 aromatic heterocycles. The fraction of sp³-hybridized carbons (Fsp3) is 0.387. The minimum absolute atomic E-state index is 0.129. The molecule has 0 radical (unpaired) electrons. The smallest absolute Gasteiger partial charge is 0.295 e. The van der Waals surface area contributed by atoms with Crippen LogP contribution in [-0.2, 0) is 32.0 Å². The molecule has 1 saturated heterocycles. The van der Waals surface area contributed by atoms with Gasteiger partial charge in [-0.15, -0.1) is 0 Å². The lowest BCUT2D eigenvalue weighted by Crippen LogP contribution is -2.41. The van der Waals surface area contributed by atoms with E-state index in [1.165, 1.54) is 34.5 Å². The Morgan fingerprint density at radius 2 is 1.79 bits per heavy atom. The molecule has 1 unspecified atom stereocenters. The molecule has 8 rings (SSSR count). The Labute approximate surface area is 249 Å². The molecule has 2 aromatic carbocycles. The molecule has 0 bridgehead atoms. The van der Waals surface area contributed by atoms with Gasteiger partial charge in [0.05, 0.1) is 4.90 Å². The van der Waals surface area contributed by atoms with Gasteiger partial charge in [-0.2, -0.15) is 8.42 Å². The number of anilines is 1. The maximum absolute atomic E-state index is 12.9. The Morgan fingerprint density at radius 3 is 2.57 bits per heavy atom. The van der Waals surface area contributed by atoms with Crippen LogP contribution in [0.5, 0.6) is 5.75 Å². The van der Waals surface area contributed by atoms with E-state index in [4.69, 9.17) is 15.4 Å². The molecule has 42 heavy (non-hydrogen) atoms. The number of nitrogens with zero attached hydrogens (tertiary/aromatic N) is 2. The third-order valence-corrected chi connectivity index (χ3v) is 11.8. The molecule has 1 aliphatic carbocycles. The summed E-state index contributed by atoms with van der Waals surface area (Å²) in [5.74, 6) is 1.50. The quantitative estimate of drug-likeness (QED) is 0.291. The molecule has 5 aliphatic heterocycles. The molecule has 218 valence electrons. The zero-order valence-electron chi connectivity index (χ0n) is 22.9. The fourth-order valence-corrected chi connectivity index (χ4v) is 9.52. The molecule has 5 heterocycles. The molecule has 8 nitrogen and oxygen atoms in total. The number of hydrogen-bond donors (Lipinski definition) is 1. The fourth-order valence-electron chi connectivity index (χ4n) is 7.95. The van der Waals surface area contributed by atoms with E-state index in [2.05, 4.69) is 27.8 Å². The minimum Gasteiger partial charge on any atom is -0.455 e. The predicted octanol–water partition coefficient (Wildman–Crippen LogP) is 4.99. The Morgan fingerprint density at radius 1 is 0.976 bits per heavy atom. The number of ether oxygens (including phenoxy) is 1. The van der Waals surface area contributed by atoms with Crippen molar-refractivity contribution in [2.45, 2.75) is 67.2 Å². The van der Waals surface area contributed by atoms with Gasteiger partial charge < -0.3 is 9.64 Å². The predicted molar refractivity (Wildman–Crippen MR) is 160 cm³/mol. The average molecular weight is 626 g/mol. The first-order valence-corrected chi connectivity index (χ1v) is 18.3. The highest BCUT2D eigenvalue weighted by Crippen LogP contribution is 2.54. The van der Waals surface area contributed by atoms with Crippen LogP contribution >= 0.6 is 10.7 Å². The lowest BCUT2D eigenvalue weighted by atomic mass is 9.75. The molecule has 0 saturated carbocycles. The second kappa shape index (κ2) is 9.29. The number of aryl methyl sites for hydroxylation is 1. The number of halogens is 1. The van der Waals surface area contributed by atoms with Gasteiger partial charge in [0, 0.05) is 81.3 Å². The molecule has 1 fully saturated rings. The van der Waals surface area contributed by atoms with Gasteiger partial charge in [0.2, 0.25) is 0 Å². The van der Waals surface area contributed by atoms with Crippen LogP contribution in [0.25, 0.3) is 5.57 Å². The van der Waals surface area contributed by atoms with Crippen molar-refractivity contribution in [2.24, 2.45) is 0 Å². The van der Waals surface area contributed by atoms with Gasteiger partial charge in [-0.3, -0.25) is 4.55 Å². The van der Waals surface area contributed by atoms with Crippen molar-refractivity contribution in [1.82, 2.24) is 0 Å². The van der Waals surface area contributed by atoms with Gasteiger partial charge in [-0.25, -0.2) is 13.0 Å². The van der Waals surface area contributed by atoms with E-state index < -0.39 is 24.1 Å². The maximum Gasteiger partial charge on any atom is 0.295 e. The van der Waals surface area contributed by atoms with Crippen molar-refractivity contribution >= 4 is 47.3 Å². The summed E-state index contributed by atoms with van der Waals surface area (Å²) in [6.45, 7) is 2.98. The molecule has 1 N–H and O–H groups in total. The Kier molecular flexibility index (Phi) is 5.90. The zero-order chi connectivity index (χ0) is 29.0. The summed E-state index contributed by atoms with van der Waals surface area (Å²) in [6, 6.07) is 5.99. The van der Waals surface area contributed by atoms with Crippen LogP contribution in [0.1, 0.15) is 60.8 Å². The van der Waals surface area contributed by atoms with Crippen molar-refractivity contribution in [3.05, 3.63) is 75.1 Å². The number of fused-ring (bicyclic) bond motifs is 3. The molecule has 11 heteroatoms. The molecule has 0 spiro atoms. The Hall–Kier alpha value is -2.92. The minimum atomic E-state index is -4.83. The standard InChI is InChI=1S/C31H29ClN2O6S2/c32-41(35,36)20-9-10-21(26(17-20)42(37,38)39)27-24-15-18-5-1-11-33-13-3-7-22(28(18)33)30(24)40-31-23-8-4-14-34-12-2-6-19(29(23)34)16-25(27)31/h9-11,15-17,28H,1-8,12-14H2/p+1. The van der Waals surface area contributed by atoms with Gasteiger partial charge >= 0.3 is 0 Å². The monoisotopic (exact) mass is 625 g/mol. The van der Waals surface area contributed by atoms with E-state index in [1.54, 1.807) is 0 Å². The van der Waals surface area contributed by atoms with Crippen molar-refractivity contribution in [3.63, 3.8) is 0 Å². The van der Waals surface area contributed by atoms with E-state index in [1.807, 2.05) is 0 Å². The second-order valence-corrected chi connectivity index (χ2v) is 15.9. The summed E-state index contributed by atoms with van der Waals surface area (Å²) < 4.78 is 70.0. The second-order valence-electron chi connectivity index (χ2n) is 11.9. The highest BCUT2D eigenvalue weighted by Gasteiger charge is 2.45. The molecule has 0 amide bonds. The van der Waals surface area contributed by atoms with Crippen molar-refractivity contribution < 1.29 is 30.7 Å². The summed E-state index contributed by atoms with van der Waals surface area (Å²) >= 11 is 0. The van der Waals surface area contributed by atoms with E-state index in [0.717, 1.165) is 105 Å². The van der Waals surface area contributed by atoms with Gasteiger partial charge in [-0.05, 0) is 68.4 Å². The summed E-state index contributed by atoms with van der Waals surface area (Å²) in [6.07, 6.45) is 11.9. The van der Waals surface area contributed by atoms with Crippen molar-refractivity contribution in [1.29, 1.82) is 0 Å². The summed E-state index contributed by atoms with van der Waals surface area (Å²) in [5, 5.41) is 0. The SMILES string of the molecule is O=S(=O)(O)c1cc(S(=O)(=O)Cl)ccc1C1=C2C=C3CCC=[N+]4CCCC(=C2Oc2c1cc1c5c2CCCN5CCC1)C34. The molecule has 2 aromatic rings. The van der Waals surface area contributed by atoms with Crippen LogP contribution in [0.2, 0.25) is 0 Å². The number of hydrogen-bond acceptors (Lipinski definition) is 6. The summed E-state index contributed by atoms with van der Waals surface area (Å²) in [4.78, 5) is 1.57. The largest absolute Gasteiger partial charge is 0.455 e. The lowest BCUT2D eigenvalue weighted by Gasteiger charge is -2.41. The lowest BCUT2D eigenvalue weighted by molar-refractivity contribution is -0.555. The molecule has 6 aliphatic rings. The van der Waals surface area contributed by atoms with Gasteiger partial charge in [0.25, 0.3) is 19.2 Å². The van der Waals surface area contributed by atoms with Gasteiger partial charge in [-0.1, -0.05) is 6.07 Å². The Bertz CT molecular complexity index is 1950. The van der Waals surface area contributed by atoms with E-state index >= 15 is 0 Å². The summed E-state index contributed by atoms with van der Waals surface area (Å²) in [7, 11) is -3.46. The third kappa shape index (κ3) is 3.98. The number of piperidine rings is 1. The number of allylic oxidation sites excluding steroid dienone is 1. The first-order chi connectivity index (χ1) is 20.1. The summed E-state index contributed by atoms with van der Waals surface area (Å²) in [5.41, 5.74) is 8.49. The van der Waals surface area contributed by atoms with E-state index in [9.17, 15) is 21.4 Å². The molecular formula is C31H30ClN2O6S2+. The van der Waals surface area contributed by atoms with Crippen molar-refractivity contribution in [3.8, 4) is 5.75 Å². The first kappa shape index (κ1) is 26.7. The van der Waals surface area contributed by atoms with Crippen LogP contribution < -0.4 is 9.64 Å². The topological polar surface area (TPSA) is 104 Å². The van der Waals surface area contributed by atoms with Crippen LogP contribution in [0.3, 0.4) is 0 Å². The number of benzene rings is 2.